The third kappa shape index (κ3) is 1.97. The lowest BCUT2D eigenvalue weighted by molar-refractivity contribution is 0.861. The summed E-state index contributed by atoms with van der Waals surface area (Å²) in [6.45, 7) is 3.38. The number of nitrogens with two attached hydrogens (primary N) is 1. The summed E-state index contributed by atoms with van der Waals surface area (Å²) < 4.78 is 0. The van der Waals surface area contributed by atoms with Gasteiger partial charge in [0.25, 0.3) is 0 Å². The van der Waals surface area contributed by atoms with Gasteiger partial charge < -0.3 is 10.6 Å². The summed E-state index contributed by atoms with van der Waals surface area (Å²) >= 11 is 0. The van der Waals surface area contributed by atoms with E-state index in [1.54, 1.807) is 0 Å². The van der Waals surface area contributed by atoms with Crippen molar-refractivity contribution in [3.63, 3.8) is 0 Å². The fraction of sp³-hybridized carbons (Fsp3) is 0.333. The maximum atomic E-state index is 5.54. The van der Waals surface area contributed by atoms with Crippen LogP contribution in [0.5, 0.6) is 0 Å². The molecule has 2 aromatic rings. The Morgan fingerprint density at radius 3 is 2.44 bits per heavy atom. The number of aromatic nitrogens is 2. The van der Waals surface area contributed by atoms with E-state index in [1.807, 2.05) is 43.1 Å². The molecule has 0 aliphatic carbocycles. The summed E-state index contributed by atoms with van der Waals surface area (Å²) in [5, 5.41) is 0. The monoisotopic (exact) mass is 216 g/mol. The predicted molar refractivity (Wildman–Crippen MR) is 66.6 cm³/mol. The number of para-hydroxylation sites is 2. The lowest BCUT2D eigenvalue weighted by Gasteiger charge is -2.18. The summed E-state index contributed by atoms with van der Waals surface area (Å²) in [7, 11) is 1.98. The molecule has 16 heavy (non-hydrogen) atoms. The van der Waals surface area contributed by atoms with Gasteiger partial charge in [0, 0.05) is 20.1 Å². The standard InChI is InChI=1S/C12H16N4/c1-9-12(16(2)8-7-13)15-11-6-4-3-5-10(11)14-9/h3-6H,7-8,13H2,1-2H3. The first kappa shape index (κ1) is 10.8. The summed E-state index contributed by atoms with van der Waals surface area (Å²) in [6, 6.07) is 7.89. The van der Waals surface area contributed by atoms with Crippen LogP contribution in [0.25, 0.3) is 11.0 Å². The molecule has 0 atom stereocenters. The largest absolute Gasteiger partial charge is 0.357 e. The van der Waals surface area contributed by atoms with Gasteiger partial charge in [0.1, 0.15) is 0 Å². The Hall–Kier alpha value is -1.68. The molecule has 84 valence electrons. The Kier molecular flexibility index (Phi) is 3.01. The SMILES string of the molecule is Cc1nc2ccccc2nc1N(C)CCN. The number of hydrogen-bond acceptors (Lipinski definition) is 4. The molecular formula is C12H16N4. The van der Waals surface area contributed by atoms with E-state index in [4.69, 9.17) is 5.73 Å². The number of benzene rings is 1. The highest BCUT2D eigenvalue weighted by Gasteiger charge is 2.08. The minimum Gasteiger partial charge on any atom is -0.357 e. The van der Waals surface area contributed by atoms with Crippen LogP contribution in [0.2, 0.25) is 0 Å². The van der Waals surface area contributed by atoms with E-state index in [0.29, 0.717) is 6.54 Å². The van der Waals surface area contributed by atoms with Crippen LogP contribution in [-0.2, 0) is 0 Å². The van der Waals surface area contributed by atoms with Gasteiger partial charge in [-0.05, 0) is 19.1 Å². The summed E-state index contributed by atoms with van der Waals surface area (Å²) in [5.41, 5.74) is 8.34. The highest BCUT2D eigenvalue weighted by molar-refractivity contribution is 5.76. The first-order valence-corrected chi connectivity index (χ1v) is 5.37. The summed E-state index contributed by atoms with van der Waals surface area (Å²) in [4.78, 5) is 11.2. The molecule has 0 spiro atoms. The second-order valence-electron chi connectivity index (χ2n) is 3.83. The van der Waals surface area contributed by atoms with Crippen molar-refractivity contribution >= 4 is 16.9 Å². The normalized spacial score (nSPS) is 10.7. The van der Waals surface area contributed by atoms with E-state index < -0.39 is 0 Å². The van der Waals surface area contributed by atoms with Crippen LogP contribution in [0.4, 0.5) is 5.82 Å². The van der Waals surface area contributed by atoms with Gasteiger partial charge in [0.15, 0.2) is 5.82 Å². The van der Waals surface area contributed by atoms with Crippen molar-refractivity contribution in [2.45, 2.75) is 6.92 Å². The minimum atomic E-state index is 0.616. The minimum absolute atomic E-state index is 0.616. The summed E-state index contributed by atoms with van der Waals surface area (Å²) in [5.74, 6) is 0.907. The van der Waals surface area contributed by atoms with Gasteiger partial charge in [-0.3, -0.25) is 0 Å². The van der Waals surface area contributed by atoms with Gasteiger partial charge in [0.2, 0.25) is 0 Å². The van der Waals surface area contributed by atoms with E-state index in [0.717, 1.165) is 29.1 Å². The van der Waals surface area contributed by atoms with Crippen molar-refractivity contribution in [3.05, 3.63) is 30.0 Å². The Balaban J connectivity index is 2.49. The smallest absolute Gasteiger partial charge is 0.150 e. The van der Waals surface area contributed by atoms with Crippen molar-refractivity contribution in [2.24, 2.45) is 5.73 Å². The molecule has 1 aromatic heterocycles. The van der Waals surface area contributed by atoms with E-state index in [9.17, 15) is 0 Å². The molecule has 0 bridgehead atoms. The first-order chi connectivity index (χ1) is 7.72. The zero-order valence-electron chi connectivity index (χ0n) is 9.64. The fourth-order valence-electron chi connectivity index (χ4n) is 1.74. The molecule has 0 aliphatic rings. The van der Waals surface area contributed by atoms with Gasteiger partial charge in [-0.15, -0.1) is 0 Å². The topological polar surface area (TPSA) is 55.0 Å². The lowest BCUT2D eigenvalue weighted by Crippen LogP contribution is -2.26. The third-order valence-corrected chi connectivity index (χ3v) is 2.55. The third-order valence-electron chi connectivity index (χ3n) is 2.55. The lowest BCUT2D eigenvalue weighted by atomic mass is 10.3. The van der Waals surface area contributed by atoms with Crippen molar-refractivity contribution in [1.82, 2.24) is 9.97 Å². The van der Waals surface area contributed by atoms with Gasteiger partial charge in [-0.1, -0.05) is 12.1 Å². The van der Waals surface area contributed by atoms with Crippen molar-refractivity contribution in [2.75, 3.05) is 25.0 Å². The molecule has 2 N–H and O–H groups in total. The van der Waals surface area contributed by atoms with Crippen molar-refractivity contribution in [1.29, 1.82) is 0 Å². The highest BCUT2D eigenvalue weighted by Crippen LogP contribution is 2.18. The molecule has 0 aliphatic heterocycles. The number of fused-ring (bicyclic) bond motifs is 1. The Morgan fingerprint density at radius 1 is 1.19 bits per heavy atom. The van der Waals surface area contributed by atoms with E-state index in [-0.39, 0.29) is 0 Å². The van der Waals surface area contributed by atoms with Crippen LogP contribution in [0.3, 0.4) is 0 Å². The van der Waals surface area contributed by atoms with Crippen molar-refractivity contribution < 1.29 is 0 Å². The van der Waals surface area contributed by atoms with Crippen LogP contribution in [0, 0.1) is 6.92 Å². The average Bonchev–Trinajstić information content (AvgIpc) is 2.28. The second kappa shape index (κ2) is 4.45. The van der Waals surface area contributed by atoms with Gasteiger partial charge in [-0.2, -0.15) is 0 Å². The van der Waals surface area contributed by atoms with Crippen molar-refractivity contribution in [3.8, 4) is 0 Å². The Bertz CT molecular complexity index is 495. The number of anilines is 1. The number of nitrogens with zero attached hydrogens (tertiary/aromatic N) is 3. The zero-order valence-corrected chi connectivity index (χ0v) is 9.64. The average molecular weight is 216 g/mol. The zero-order chi connectivity index (χ0) is 11.5. The van der Waals surface area contributed by atoms with Crippen LogP contribution in [0.15, 0.2) is 24.3 Å². The van der Waals surface area contributed by atoms with Crippen LogP contribution in [0.1, 0.15) is 5.69 Å². The van der Waals surface area contributed by atoms with Crippen LogP contribution < -0.4 is 10.6 Å². The molecule has 0 unspecified atom stereocenters. The molecule has 0 saturated carbocycles. The maximum Gasteiger partial charge on any atom is 0.150 e. The van der Waals surface area contributed by atoms with E-state index in [1.165, 1.54) is 0 Å². The first-order valence-electron chi connectivity index (χ1n) is 5.37. The van der Waals surface area contributed by atoms with Gasteiger partial charge in [0.05, 0.1) is 16.7 Å². The van der Waals surface area contributed by atoms with E-state index >= 15 is 0 Å². The molecule has 1 aromatic carbocycles. The molecule has 2 rings (SSSR count). The second-order valence-corrected chi connectivity index (χ2v) is 3.83. The van der Waals surface area contributed by atoms with Gasteiger partial charge in [-0.25, -0.2) is 9.97 Å². The quantitative estimate of drug-likeness (QED) is 0.841. The van der Waals surface area contributed by atoms with Crippen LogP contribution >= 0.6 is 0 Å². The molecule has 0 amide bonds. The van der Waals surface area contributed by atoms with Gasteiger partial charge >= 0.3 is 0 Å². The molecule has 4 heteroatoms. The molecule has 0 radical (unpaired) electrons. The molecule has 0 saturated heterocycles. The summed E-state index contributed by atoms with van der Waals surface area (Å²) in [6.07, 6.45) is 0. The number of likely N-dealkylation sites (N-methyl/N-ethyl adjacent to an activating group) is 1. The van der Waals surface area contributed by atoms with E-state index in [2.05, 4.69) is 9.97 Å². The molecule has 1 heterocycles. The highest BCUT2D eigenvalue weighted by atomic mass is 15.2. The number of rotatable bonds is 3. The predicted octanol–water partition coefficient (Wildman–Crippen LogP) is 1.33. The maximum absolute atomic E-state index is 5.54. The number of aryl methyl sites for hydroxylation is 1. The number of hydrogen-bond donors (Lipinski definition) is 1. The Labute approximate surface area is 95.1 Å². The Morgan fingerprint density at radius 2 is 1.81 bits per heavy atom. The molecule has 0 fully saturated rings. The fourth-order valence-corrected chi connectivity index (χ4v) is 1.74. The molecule has 4 nitrogen and oxygen atoms in total. The molecular weight excluding hydrogens is 200 g/mol. The van der Waals surface area contributed by atoms with Crippen LogP contribution in [-0.4, -0.2) is 30.1 Å².